The molecule has 1 unspecified atom stereocenters. The molecule has 0 radical (unpaired) electrons. The first-order chi connectivity index (χ1) is 7.83. The fourth-order valence-electron chi connectivity index (χ4n) is 2.09. The Hall–Kier alpha value is -0.910. The van der Waals surface area contributed by atoms with Gasteiger partial charge in [0.25, 0.3) is 0 Å². The van der Waals surface area contributed by atoms with E-state index in [9.17, 15) is 0 Å². The van der Waals surface area contributed by atoms with Gasteiger partial charge in [-0.05, 0) is 13.5 Å². The number of hydrogen-bond donors (Lipinski definition) is 0. The highest BCUT2D eigenvalue weighted by Crippen LogP contribution is 2.20. The van der Waals surface area contributed by atoms with Gasteiger partial charge >= 0.3 is 0 Å². The average molecular weight is 237 g/mol. The number of hydrogen-bond acceptors (Lipinski definition) is 4. The highest BCUT2D eigenvalue weighted by molar-refractivity contribution is 7.17. The summed E-state index contributed by atoms with van der Waals surface area (Å²) >= 11 is 1.76. The van der Waals surface area contributed by atoms with E-state index < -0.39 is 0 Å². The second-order valence-corrected chi connectivity index (χ2v) is 5.34. The predicted octanol–water partition coefficient (Wildman–Crippen LogP) is 1.62. The smallest absolute Gasteiger partial charge is 0.193 e. The van der Waals surface area contributed by atoms with E-state index in [4.69, 9.17) is 4.74 Å². The molecule has 16 heavy (non-hydrogen) atoms. The average Bonchev–Trinajstić information content (AvgIpc) is 2.91. The topological polar surface area (TPSA) is 29.8 Å². The lowest BCUT2D eigenvalue weighted by Crippen LogP contribution is -2.31. The van der Waals surface area contributed by atoms with Crippen LogP contribution in [0.2, 0.25) is 0 Å². The zero-order valence-electron chi connectivity index (χ0n) is 9.30. The standard InChI is InChI=1S/C11H15N3OS/c1-13(9-2-5-15-8-9)6-10-7-14-4-3-12-11(14)16-10/h3-4,7,9H,2,5-6,8H2,1H3. The van der Waals surface area contributed by atoms with Gasteiger partial charge in [-0.15, -0.1) is 0 Å². The van der Waals surface area contributed by atoms with Crippen molar-refractivity contribution in [2.75, 3.05) is 20.3 Å². The van der Waals surface area contributed by atoms with Crippen LogP contribution < -0.4 is 0 Å². The summed E-state index contributed by atoms with van der Waals surface area (Å²) in [5, 5.41) is 0. The first-order valence-electron chi connectivity index (χ1n) is 5.52. The molecule has 1 aliphatic rings. The van der Waals surface area contributed by atoms with E-state index in [1.807, 2.05) is 12.4 Å². The molecule has 1 aliphatic heterocycles. The van der Waals surface area contributed by atoms with E-state index >= 15 is 0 Å². The normalized spacial score (nSPS) is 21.2. The summed E-state index contributed by atoms with van der Waals surface area (Å²) in [7, 11) is 2.17. The van der Waals surface area contributed by atoms with Crippen LogP contribution >= 0.6 is 11.3 Å². The number of thiazole rings is 1. The van der Waals surface area contributed by atoms with E-state index in [2.05, 4.69) is 27.5 Å². The predicted molar refractivity (Wildman–Crippen MR) is 63.8 cm³/mol. The lowest BCUT2D eigenvalue weighted by molar-refractivity contribution is 0.157. The quantitative estimate of drug-likeness (QED) is 0.812. The van der Waals surface area contributed by atoms with Crippen molar-refractivity contribution in [3.05, 3.63) is 23.5 Å². The Balaban J connectivity index is 1.71. The van der Waals surface area contributed by atoms with E-state index in [-0.39, 0.29) is 0 Å². The number of rotatable bonds is 3. The lowest BCUT2D eigenvalue weighted by atomic mass is 10.2. The van der Waals surface area contributed by atoms with Crippen molar-refractivity contribution in [3.63, 3.8) is 0 Å². The molecule has 3 rings (SSSR count). The van der Waals surface area contributed by atoms with E-state index in [1.54, 1.807) is 11.3 Å². The molecule has 3 heterocycles. The highest BCUT2D eigenvalue weighted by Gasteiger charge is 2.20. The minimum Gasteiger partial charge on any atom is -0.380 e. The van der Waals surface area contributed by atoms with Crippen LogP contribution in [0.15, 0.2) is 18.6 Å². The Morgan fingerprint density at radius 3 is 3.38 bits per heavy atom. The summed E-state index contributed by atoms with van der Waals surface area (Å²) in [5.41, 5.74) is 0. The number of likely N-dealkylation sites (N-methyl/N-ethyl adjacent to an activating group) is 1. The summed E-state index contributed by atoms with van der Waals surface area (Å²) in [6.07, 6.45) is 7.15. The van der Waals surface area contributed by atoms with Gasteiger partial charge < -0.3 is 4.74 Å². The molecule has 4 nitrogen and oxygen atoms in total. The number of ether oxygens (including phenoxy) is 1. The molecular formula is C11H15N3OS. The monoisotopic (exact) mass is 237 g/mol. The third-order valence-electron chi connectivity index (χ3n) is 3.07. The van der Waals surface area contributed by atoms with Gasteiger partial charge in [0.2, 0.25) is 0 Å². The molecule has 0 amide bonds. The maximum absolute atomic E-state index is 5.40. The Kier molecular flexibility index (Phi) is 2.67. The van der Waals surface area contributed by atoms with Crippen LogP contribution in [0.5, 0.6) is 0 Å². The summed E-state index contributed by atoms with van der Waals surface area (Å²) in [4.78, 5) is 9.09. The molecule has 0 saturated carbocycles. The van der Waals surface area contributed by atoms with Crippen LogP contribution in [0.25, 0.3) is 4.96 Å². The van der Waals surface area contributed by atoms with Crippen molar-refractivity contribution in [2.45, 2.75) is 19.0 Å². The summed E-state index contributed by atoms with van der Waals surface area (Å²) in [6.45, 7) is 2.77. The first kappa shape index (κ1) is 10.3. The fraction of sp³-hybridized carbons (Fsp3) is 0.545. The van der Waals surface area contributed by atoms with Crippen molar-refractivity contribution < 1.29 is 4.74 Å². The minimum atomic E-state index is 0.578. The summed E-state index contributed by atoms with van der Waals surface area (Å²) in [5.74, 6) is 0. The number of nitrogens with zero attached hydrogens (tertiary/aromatic N) is 3. The summed E-state index contributed by atoms with van der Waals surface area (Å²) < 4.78 is 7.49. The molecule has 0 N–H and O–H groups in total. The van der Waals surface area contributed by atoms with Gasteiger partial charge in [0, 0.05) is 42.7 Å². The molecule has 86 valence electrons. The van der Waals surface area contributed by atoms with Crippen LogP contribution in [-0.4, -0.2) is 40.6 Å². The molecule has 1 saturated heterocycles. The third kappa shape index (κ3) is 1.86. The second-order valence-electron chi connectivity index (χ2n) is 4.25. The third-order valence-corrected chi connectivity index (χ3v) is 4.07. The molecule has 1 fully saturated rings. The number of imidazole rings is 1. The number of fused-ring (bicyclic) bond motifs is 1. The van der Waals surface area contributed by atoms with Crippen LogP contribution in [0.4, 0.5) is 0 Å². The van der Waals surface area contributed by atoms with E-state index in [1.165, 1.54) is 4.88 Å². The molecule has 5 heteroatoms. The van der Waals surface area contributed by atoms with Crippen LogP contribution in [0, 0.1) is 0 Å². The molecular weight excluding hydrogens is 222 g/mol. The van der Waals surface area contributed by atoms with Gasteiger partial charge in [0.15, 0.2) is 4.96 Å². The lowest BCUT2D eigenvalue weighted by Gasteiger charge is -2.21. The SMILES string of the molecule is CN(Cc1cn2ccnc2s1)C1CCOC1. The Labute approximate surface area is 98.5 Å². The highest BCUT2D eigenvalue weighted by atomic mass is 32.1. The van der Waals surface area contributed by atoms with E-state index in [0.717, 1.165) is 31.1 Å². The molecule has 0 spiro atoms. The molecule has 1 atom stereocenters. The van der Waals surface area contributed by atoms with Crippen LogP contribution in [0.1, 0.15) is 11.3 Å². The van der Waals surface area contributed by atoms with Gasteiger partial charge in [-0.3, -0.25) is 9.30 Å². The zero-order chi connectivity index (χ0) is 11.0. The maximum atomic E-state index is 5.40. The van der Waals surface area contributed by atoms with Crippen LogP contribution in [0.3, 0.4) is 0 Å². The zero-order valence-corrected chi connectivity index (χ0v) is 10.1. The van der Waals surface area contributed by atoms with Gasteiger partial charge in [-0.1, -0.05) is 11.3 Å². The second kappa shape index (κ2) is 4.16. The van der Waals surface area contributed by atoms with Gasteiger partial charge in [0.1, 0.15) is 0 Å². The van der Waals surface area contributed by atoms with Gasteiger partial charge in [-0.2, -0.15) is 0 Å². The van der Waals surface area contributed by atoms with Crippen molar-refractivity contribution >= 4 is 16.3 Å². The molecule has 0 aromatic carbocycles. The number of aromatic nitrogens is 2. The largest absolute Gasteiger partial charge is 0.380 e. The van der Waals surface area contributed by atoms with Crippen molar-refractivity contribution in [1.82, 2.24) is 14.3 Å². The van der Waals surface area contributed by atoms with Crippen molar-refractivity contribution in [2.24, 2.45) is 0 Å². The Morgan fingerprint density at radius 1 is 1.69 bits per heavy atom. The van der Waals surface area contributed by atoms with Crippen LogP contribution in [-0.2, 0) is 11.3 Å². The van der Waals surface area contributed by atoms with Gasteiger partial charge in [-0.25, -0.2) is 4.98 Å². The van der Waals surface area contributed by atoms with E-state index in [0.29, 0.717) is 6.04 Å². The molecule has 0 aliphatic carbocycles. The Bertz CT molecular complexity index is 444. The fourth-order valence-corrected chi connectivity index (χ4v) is 3.09. The maximum Gasteiger partial charge on any atom is 0.193 e. The molecule has 2 aromatic rings. The van der Waals surface area contributed by atoms with Crippen molar-refractivity contribution in [1.29, 1.82) is 0 Å². The molecule has 2 aromatic heterocycles. The minimum absolute atomic E-state index is 0.578. The van der Waals surface area contributed by atoms with Crippen molar-refractivity contribution in [3.8, 4) is 0 Å². The van der Waals surface area contributed by atoms with Gasteiger partial charge in [0.05, 0.1) is 6.61 Å². The molecule has 0 bridgehead atoms. The Morgan fingerprint density at radius 2 is 2.62 bits per heavy atom. The summed E-state index contributed by atoms with van der Waals surface area (Å²) in [6, 6.07) is 0.578. The first-order valence-corrected chi connectivity index (χ1v) is 6.34.